The van der Waals surface area contributed by atoms with Crippen LogP contribution >= 0.6 is 0 Å². The van der Waals surface area contributed by atoms with E-state index in [1.165, 1.54) is 42.5 Å². The molecular formula is C20H12FN3O4. The summed E-state index contributed by atoms with van der Waals surface area (Å²) in [5.74, 6) is -0.407. The number of nitrogens with one attached hydrogen (secondary N) is 1. The monoisotopic (exact) mass is 377 g/mol. The van der Waals surface area contributed by atoms with Crippen molar-refractivity contribution in [2.24, 2.45) is 0 Å². The topological polar surface area (TPSA) is 109 Å². The average molecular weight is 377 g/mol. The van der Waals surface area contributed by atoms with Gasteiger partial charge in [0.1, 0.15) is 29.0 Å². The van der Waals surface area contributed by atoms with E-state index in [0.29, 0.717) is 11.3 Å². The van der Waals surface area contributed by atoms with E-state index in [0.717, 1.165) is 0 Å². The van der Waals surface area contributed by atoms with E-state index in [4.69, 9.17) is 4.42 Å². The van der Waals surface area contributed by atoms with Crippen molar-refractivity contribution in [1.82, 2.24) is 0 Å². The van der Waals surface area contributed by atoms with Crippen LogP contribution in [-0.2, 0) is 4.79 Å². The van der Waals surface area contributed by atoms with Crippen LogP contribution < -0.4 is 5.32 Å². The molecule has 7 nitrogen and oxygen atoms in total. The summed E-state index contributed by atoms with van der Waals surface area (Å²) in [6.45, 7) is 0. The standard InChI is InChI=1S/C20H12FN3O4/c21-15-6-4-13(5-7-15)19-9-8-18(28-19)10-14(12-22)20(25)23-16-2-1-3-17(11-16)24(26)27/h1-11H,(H,23,25). The molecule has 0 unspecified atom stereocenters. The Hall–Kier alpha value is -4.25. The normalized spacial score (nSPS) is 10.9. The molecule has 0 aliphatic heterocycles. The molecule has 1 amide bonds. The average Bonchev–Trinajstić information content (AvgIpc) is 3.15. The summed E-state index contributed by atoms with van der Waals surface area (Å²) >= 11 is 0. The number of rotatable bonds is 5. The highest BCUT2D eigenvalue weighted by Crippen LogP contribution is 2.24. The zero-order valence-corrected chi connectivity index (χ0v) is 14.3. The van der Waals surface area contributed by atoms with E-state index in [-0.39, 0.29) is 28.5 Å². The number of anilines is 1. The highest BCUT2D eigenvalue weighted by molar-refractivity contribution is 6.09. The number of furan rings is 1. The number of nitro benzene ring substituents is 1. The van der Waals surface area contributed by atoms with Gasteiger partial charge >= 0.3 is 0 Å². The molecule has 0 saturated heterocycles. The summed E-state index contributed by atoms with van der Waals surface area (Å²) < 4.78 is 18.6. The number of hydrogen-bond acceptors (Lipinski definition) is 5. The molecule has 1 N–H and O–H groups in total. The number of nitriles is 1. The Morgan fingerprint density at radius 3 is 2.61 bits per heavy atom. The van der Waals surface area contributed by atoms with Crippen molar-refractivity contribution < 1.29 is 18.5 Å². The number of nitrogens with zero attached hydrogens (tertiary/aromatic N) is 2. The number of halogens is 1. The largest absolute Gasteiger partial charge is 0.457 e. The summed E-state index contributed by atoms with van der Waals surface area (Å²) in [7, 11) is 0. The van der Waals surface area contributed by atoms with Gasteiger partial charge in [-0.3, -0.25) is 14.9 Å². The molecule has 1 aromatic heterocycles. The summed E-state index contributed by atoms with van der Waals surface area (Å²) in [5.41, 5.74) is 0.397. The molecule has 0 bridgehead atoms. The number of amides is 1. The molecule has 0 saturated carbocycles. The van der Waals surface area contributed by atoms with E-state index >= 15 is 0 Å². The molecule has 0 aliphatic rings. The fourth-order valence-electron chi connectivity index (χ4n) is 2.39. The van der Waals surface area contributed by atoms with Crippen LogP contribution in [0.3, 0.4) is 0 Å². The molecule has 2 aromatic carbocycles. The lowest BCUT2D eigenvalue weighted by Gasteiger charge is -2.03. The predicted octanol–water partition coefficient (Wildman–Crippen LogP) is 4.54. The quantitative estimate of drug-likeness (QED) is 0.304. The van der Waals surface area contributed by atoms with Crippen molar-refractivity contribution in [2.45, 2.75) is 0 Å². The van der Waals surface area contributed by atoms with E-state index in [1.807, 2.05) is 0 Å². The van der Waals surface area contributed by atoms with Gasteiger partial charge in [0.25, 0.3) is 11.6 Å². The van der Waals surface area contributed by atoms with E-state index in [9.17, 15) is 24.6 Å². The molecule has 0 fully saturated rings. The molecular weight excluding hydrogens is 365 g/mol. The lowest BCUT2D eigenvalue weighted by atomic mass is 10.2. The first kappa shape index (κ1) is 18.5. The number of carbonyl (C=O) groups is 1. The third-order valence-electron chi connectivity index (χ3n) is 3.72. The smallest absolute Gasteiger partial charge is 0.271 e. The lowest BCUT2D eigenvalue weighted by molar-refractivity contribution is -0.384. The first-order valence-corrected chi connectivity index (χ1v) is 7.99. The van der Waals surface area contributed by atoms with Gasteiger partial charge in [0.05, 0.1) is 4.92 Å². The van der Waals surface area contributed by atoms with Gasteiger partial charge in [-0.15, -0.1) is 0 Å². The fourth-order valence-corrected chi connectivity index (χ4v) is 2.39. The number of benzene rings is 2. The third kappa shape index (κ3) is 4.28. The molecule has 138 valence electrons. The van der Waals surface area contributed by atoms with Crippen LogP contribution in [0.4, 0.5) is 15.8 Å². The van der Waals surface area contributed by atoms with Crippen LogP contribution in [0.15, 0.2) is 70.7 Å². The Kier molecular flexibility index (Phi) is 5.28. The second-order valence-electron chi connectivity index (χ2n) is 5.64. The van der Waals surface area contributed by atoms with Gasteiger partial charge in [-0.05, 0) is 42.5 Å². The van der Waals surface area contributed by atoms with Crippen LogP contribution in [0.25, 0.3) is 17.4 Å². The maximum atomic E-state index is 13.0. The van der Waals surface area contributed by atoms with E-state index in [1.54, 1.807) is 30.3 Å². The second-order valence-corrected chi connectivity index (χ2v) is 5.64. The number of carbonyl (C=O) groups excluding carboxylic acids is 1. The highest BCUT2D eigenvalue weighted by Gasteiger charge is 2.13. The minimum atomic E-state index is -0.734. The predicted molar refractivity (Wildman–Crippen MR) is 99.4 cm³/mol. The molecule has 0 aliphatic carbocycles. The van der Waals surface area contributed by atoms with Gasteiger partial charge in [-0.1, -0.05) is 6.07 Å². The third-order valence-corrected chi connectivity index (χ3v) is 3.72. The Balaban J connectivity index is 1.79. The molecule has 0 spiro atoms. The van der Waals surface area contributed by atoms with Crippen molar-refractivity contribution in [2.75, 3.05) is 5.32 Å². The van der Waals surface area contributed by atoms with E-state index in [2.05, 4.69) is 5.32 Å². The van der Waals surface area contributed by atoms with Gasteiger partial charge in [0.15, 0.2) is 0 Å². The van der Waals surface area contributed by atoms with E-state index < -0.39 is 10.8 Å². The summed E-state index contributed by atoms with van der Waals surface area (Å²) in [4.78, 5) is 22.5. The summed E-state index contributed by atoms with van der Waals surface area (Å²) in [6.07, 6.45) is 1.25. The van der Waals surface area contributed by atoms with Crippen molar-refractivity contribution in [3.05, 3.63) is 87.9 Å². The fraction of sp³-hybridized carbons (Fsp3) is 0. The molecule has 1 heterocycles. The van der Waals surface area contributed by atoms with Crippen molar-refractivity contribution >= 4 is 23.4 Å². The maximum Gasteiger partial charge on any atom is 0.271 e. The van der Waals surface area contributed by atoms with Crippen LogP contribution in [0, 0.1) is 27.3 Å². The number of non-ortho nitro benzene ring substituents is 1. The van der Waals surface area contributed by atoms with Crippen molar-refractivity contribution in [3.8, 4) is 17.4 Å². The van der Waals surface area contributed by atoms with Crippen molar-refractivity contribution in [1.29, 1.82) is 5.26 Å². The first-order valence-electron chi connectivity index (χ1n) is 7.99. The van der Waals surface area contributed by atoms with Crippen LogP contribution in [-0.4, -0.2) is 10.8 Å². The Morgan fingerprint density at radius 1 is 1.18 bits per heavy atom. The minimum Gasteiger partial charge on any atom is -0.457 e. The number of nitro groups is 1. The molecule has 0 radical (unpaired) electrons. The number of hydrogen-bond donors (Lipinski definition) is 1. The van der Waals surface area contributed by atoms with Crippen LogP contribution in [0.2, 0.25) is 0 Å². The highest BCUT2D eigenvalue weighted by atomic mass is 19.1. The van der Waals surface area contributed by atoms with Crippen LogP contribution in [0.1, 0.15) is 5.76 Å². The van der Waals surface area contributed by atoms with Crippen LogP contribution in [0.5, 0.6) is 0 Å². The Bertz CT molecular complexity index is 1110. The Labute approximate surface area is 158 Å². The summed E-state index contributed by atoms with van der Waals surface area (Å²) in [5, 5.41) is 22.5. The lowest BCUT2D eigenvalue weighted by Crippen LogP contribution is -2.13. The SMILES string of the molecule is N#CC(=Cc1ccc(-c2ccc(F)cc2)o1)C(=O)Nc1cccc([N+](=O)[O-])c1. The molecule has 3 rings (SSSR count). The second kappa shape index (κ2) is 7.97. The zero-order chi connectivity index (χ0) is 20.1. The van der Waals surface area contributed by atoms with Gasteiger partial charge in [0, 0.05) is 29.5 Å². The maximum absolute atomic E-state index is 13.0. The van der Waals surface area contributed by atoms with Gasteiger partial charge in [-0.25, -0.2) is 4.39 Å². The first-order chi connectivity index (χ1) is 13.5. The van der Waals surface area contributed by atoms with Gasteiger partial charge in [0.2, 0.25) is 0 Å². The summed E-state index contributed by atoms with van der Waals surface area (Å²) in [6, 6.07) is 16.0. The minimum absolute atomic E-state index is 0.185. The molecule has 0 atom stereocenters. The molecule has 8 heteroatoms. The molecule has 28 heavy (non-hydrogen) atoms. The zero-order valence-electron chi connectivity index (χ0n) is 14.3. The van der Waals surface area contributed by atoms with Gasteiger partial charge < -0.3 is 9.73 Å². The molecule has 3 aromatic rings. The van der Waals surface area contributed by atoms with Gasteiger partial charge in [-0.2, -0.15) is 5.26 Å². The van der Waals surface area contributed by atoms with Crippen molar-refractivity contribution in [3.63, 3.8) is 0 Å². The Morgan fingerprint density at radius 2 is 1.93 bits per heavy atom.